The Hall–Kier alpha value is -3.62. The molecule has 0 aliphatic carbocycles. The van der Waals surface area contributed by atoms with E-state index in [4.69, 9.17) is 9.47 Å². The van der Waals surface area contributed by atoms with E-state index in [1.54, 1.807) is 44.6 Å². The Labute approximate surface area is 185 Å². The minimum absolute atomic E-state index is 0.123. The minimum atomic E-state index is -0.495. The molecule has 2 atom stereocenters. The quantitative estimate of drug-likeness (QED) is 0.745. The van der Waals surface area contributed by atoms with Crippen molar-refractivity contribution in [3.8, 4) is 11.5 Å². The number of hydrogen-bond donors (Lipinski definition) is 2. The van der Waals surface area contributed by atoms with Crippen molar-refractivity contribution in [2.45, 2.75) is 12.3 Å². The fraction of sp³-hybridized carbons (Fsp3) is 0.348. The molecule has 2 heterocycles. The van der Waals surface area contributed by atoms with Crippen LogP contribution in [-0.2, 0) is 11.2 Å². The predicted molar refractivity (Wildman–Crippen MR) is 118 cm³/mol. The number of ether oxygens (including phenoxy) is 2. The van der Waals surface area contributed by atoms with Crippen LogP contribution in [0, 0.1) is 11.7 Å². The lowest BCUT2D eigenvalue weighted by Gasteiger charge is -2.25. The lowest BCUT2D eigenvalue weighted by atomic mass is 9.94. The third-order valence-corrected chi connectivity index (χ3v) is 5.62. The number of fused-ring (bicyclic) bond motifs is 1. The van der Waals surface area contributed by atoms with E-state index in [-0.39, 0.29) is 30.0 Å². The molecule has 0 bridgehead atoms. The highest BCUT2D eigenvalue weighted by molar-refractivity contribution is 5.96. The zero-order valence-corrected chi connectivity index (χ0v) is 18.1. The van der Waals surface area contributed by atoms with Crippen LogP contribution < -0.4 is 20.2 Å². The Bertz CT molecular complexity index is 1090. The maximum Gasteiger partial charge on any atom is 0.253 e. The first kappa shape index (κ1) is 21.6. The van der Waals surface area contributed by atoms with Crippen LogP contribution in [0.15, 0.2) is 35.4 Å². The summed E-state index contributed by atoms with van der Waals surface area (Å²) in [6.45, 7) is 0.690. The Morgan fingerprint density at radius 1 is 1.28 bits per heavy atom. The zero-order valence-electron chi connectivity index (χ0n) is 18.1. The normalized spacial score (nSPS) is 18.9. The van der Waals surface area contributed by atoms with Gasteiger partial charge in [-0.15, -0.1) is 0 Å². The highest BCUT2D eigenvalue weighted by atomic mass is 19.1. The van der Waals surface area contributed by atoms with Crippen LogP contribution in [0.2, 0.25) is 0 Å². The van der Waals surface area contributed by atoms with Crippen LogP contribution in [0.25, 0.3) is 0 Å². The summed E-state index contributed by atoms with van der Waals surface area (Å²) in [6.07, 6.45) is 2.05. The minimum Gasteiger partial charge on any atom is -0.495 e. The van der Waals surface area contributed by atoms with Gasteiger partial charge in [0.2, 0.25) is 5.91 Å². The van der Waals surface area contributed by atoms with E-state index in [2.05, 4.69) is 15.8 Å². The van der Waals surface area contributed by atoms with Crippen LogP contribution >= 0.6 is 0 Å². The van der Waals surface area contributed by atoms with Crippen molar-refractivity contribution in [1.82, 2.24) is 10.3 Å². The third kappa shape index (κ3) is 4.23. The van der Waals surface area contributed by atoms with Crippen LogP contribution in [0.1, 0.15) is 27.4 Å². The summed E-state index contributed by atoms with van der Waals surface area (Å²) in [7, 11) is 4.83. The van der Waals surface area contributed by atoms with Gasteiger partial charge in [-0.25, -0.2) is 4.39 Å². The first-order chi connectivity index (χ1) is 15.4. The summed E-state index contributed by atoms with van der Waals surface area (Å²) < 4.78 is 25.9. The van der Waals surface area contributed by atoms with Crippen LogP contribution in [0.5, 0.6) is 11.5 Å². The van der Waals surface area contributed by atoms with Gasteiger partial charge >= 0.3 is 0 Å². The lowest BCUT2D eigenvalue weighted by Crippen LogP contribution is -2.33. The third-order valence-electron chi connectivity index (χ3n) is 5.62. The SMILES string of the molecule is COc1cc(C2C=NNC2)c(F)cc1NC(=O)C1COc2ccc(C(=O)N(C)C)cc2C1. The highest BCUT2D eigenvalue weighted by Crippen LogP contribution is 2.33. The number of halogens is 1. The Morgan fingerprint density at radius 2 is 2.09 bits per heavy atom. The Kier molecular flexibility index (Phi) is 5.98. The molecule has 168 valence electrons. The molecule has 0 radical (unpaired) electrons. The summed E-state index contributed by atoms with van der Waals surface area (Å²) in [5.41, 5.74) is 4.82. The number of amides is 2. The summed E-state index contributed by atoms with van der Waals surface area (Å²) in [5.74, 6) is -0.549. The summed E-state index contributed by atoms with van der Waals surface area (Å²) in [6, 6.07) is 8.06. The van der Waals surface area contributed by atoms with Gasteiger partial charge < -0.3 is 25.1 Å². The number of hydrazone groups is 1. The van der Waals surface area contributed by atoms with Crippen LogP contribution in [0.4, 0.5) is 10.1 Å². The van der Waals surface area contributed by atoms with E-state index in [1.165, 1.54) is 18.1 Å². The number of carbonyl (C=O) groups excluding carboxylic acids is 2. The van der Waals surface area contributed by atoms with E-state index in [0.29, 0.717) is 35.6 Å². The highest BCUT2D eigenvalue weighted by Gasteiger charge is 2.28. The molecule has 0 fully saturated rings. The molecule has 32 heavy (non-hydrogen) atoms. The zero-order chi connectivity index (χ0) is 22.8. The topological polar surface area (TPSA) is 92.3 Å². The van der Waals surface area contributed by atoms with Crippen molar-refractivity contribution >= 4 is 23.7 Å². The Balaban J connectivity index is 1.51. The van der Waals surface area contributed by atoms with Gasteiger partial charge in [0.05, 0.1) is 18.7 Å². The van der Waals surface area contributed by atoms with E-state index in [1.807, 2.05) is 0 Å². The van der Waals surface area contributed by atoms with Gasteiger partial charge in [0, 0.05) is 50.0 Å². The first-order valence-corrected chi connectivity index (χ1v) is 10.3. The van der Waals surface area contributed by atoms with E-state index >= 15 is 0 Å². The molecule has 0 saturated carbocycles. The average molecular weight is 440 g/mol. The number of nitrogens with one attached hydrogen (secondary N) is 2. The number of anilines is 1. The van der Waals surface area contributed by atoms with Crippen molar-refractivity contribution < 1.29 is 23.5 Å². The van der Waals surface area contributed by atoms with Crippen molar-refractivity contribution in [2.75, 3.05) is 39.7 Å². The molecular weight excluding hydrogens is 415 g/mol. The first-order valence-electron chi connectivity index (χ1n) is 10.3. The van der Waals surface area contributed by atoms with Gasteiger partial charge in [-0.3, -0.25) is 9.59 Å². The molecule has 0 spiro atoms. The monoisotopic (exact) mass is 440 g/mol. The molecule has 0 aromatic heterocycles. The second kappa shape index (κ2) is 8.86. The molecule has 2 aliphatic rings. The van der Waals surface area contributed by atoms with Gasteiger partial charge in [-0.1, -0.05) is 0 Å². The molecule has 2 aliphatic heterocycles. The van der Waals surface area contributed by atoms with Gasteiger partial charge in [-0.05, 0) is 36.2 Å². The molecule has 8 nitrogen and oxygen atoms in total. The second-order valence-electron chi connectivity index (χ2n) is 8.04. The van der Waals surface area contributed by atoms with E-state index in [9.17, 15) is 14.0 Å². The largest absolute Gasteiger partial charge is 0.495 e. The second-order valence-corrected chi connectivity index (χ2v) is 8.04. The average Bonchev–Trinajstić information content (AvgIpc) is 3.32. The van der Waals surface area contributed by atoms with Crippen molar-refractivity contribution in [2.24, 2.45) is 11.0 Å². The van der Waals surface area contributed by atoms with Crippen molar-refractivity contribution in [3.63, 3.8) is 0 Å². The molecule has 2 amide bonds. The van der Waals surface area contributed by atoms with Crippen molar-refractivity contribution in [1.29, 1.82) is 0 Å². The van der Waals surface area contributed by atoms with Crippen LogP contribution in [-0.4, -0.2) is 57.3 Å². The lowest BCUT2D eigenvalue weighted by molar-refractivity contribution is -0.121. The van der Waals surface area contributed by atoms with Gasteiger partial charge in [0.1, 0.15) is 23.9 Å². The number of rotatable bonds is 5. The standard InChI is InChI=1S/C23H25FN4O4/c1-28(2)23(30)13-4-5-20-14(6-13)7-15(12-32-20)22(29)27-19-9-18(24)17(8-21(19)31-3)16-10-25-26-11-16/h4-6,8-10,15-16,26H,7,11-12H2,1-3H3,(H,27,29). The predicted octanol–water partition coefficient (Wildman–Crippen LogP) is 2.40. The molecule has 2 aromatic carbocycles. The summed E-state index contributed by atoms with van der Waals surface area (Å²) in [5, 5.41) is 6.69. The maximum atomic E-state index is 14.7. The van der Waals surface area contributed by atoms with E-state index < -0.39 is 11.7 Å². The summed E-state index contributed by atoms with van der Waals surface area (Å²) >= 11 is 0. The number of methoxy groups -OCH3 is 1. The fourth-order valence-electron chi connectivity index (χ4n) is 3.85. The number of carbonyl (C=O) groups is 2. The van der Waals surface area contributed by atoms with Gasteiger partial charge in [0.25, 0.3) is 5.91 Å². The molecule has 2 aromatic rings. The number of benzene rings is 2. The van der Waals surface area contributed by atoms with Crippen LogP contribution in [0.3, 0.4) is 0 Å². The molecule has 9 heteroatoms. The molecule has 2 unspecified atom stereocenters. The summed E-state index contributed by atoms with van der Waals surface area (Å²) in [4.78, 5) is 26.7. The number of nitrogens with zero attached hydrogens (tertiary/aromatic N) is 2. The smallest absolute Gasteiger partial charge is 0.253 e. The fourth-order valence-corrected chi connectivity index (χ4v) is 3.85. The molecule has 0 saturated heterocycles. The molecular formula is C23H25FN4O4. The van der Waals surface area contributed by atoms with Gasteiger partial charge in [0.15, 0.2) is 0 Å². The molecule has 4 rings (SSSR count). The number of hydrogen-bond acceptors (Lipinski definition) is 6. The van der Waals surface area contributed by atoms with E-state index in [0.717, 1.165) is 5.56 Å². The van der Waals surface area contributed by atoms with Crippen molar-refractivity contribution in [3.05, 3.63) is 52.8 Å². The Morgan fingerprint density at radius 3 is 2.78 bits per heavy atom. The molecule has 2 N–H and O–H groups in total. The van der Waals surface area contributed by atoms with Gasteiger partial charge in [-0.2, -0.15) is 5.10 Å². The maximum absolute atomic E-state index is 14.7.